The number of hydrogen-bond acceptors (Lipinski definition) is 1. The number of hydrogen-bond donors (Lipinski definition) is 0. The molecule has 2 aromatic rings. The molecule has 0 amide bonds. The zero-order chi connectivity index (χ0) is 10.8. The van der Waals surface area contributed by atoms with Crippen LogP contribution < -0.4 is 0 Å². The molecule has 1 heteroatoms. The van der Waals surface area contributed by atoms with Gasteiger partial charge in [0.05, 0.1) is 12.7 Å². The standard InChI is InChI=1S/C15H14O/c1-2-5-14-10-12(7-8-13(14)4-1)11-15-6-3-9-16-15/h1-8,10,15H,9,11H2/t15-/m1/s1. The number of ether oxygens (including phenoxy) is 1. The van der Waals surface area contributed by atoms with E-state index >= 15 is 0 Å². The van der Waals surface area contributed by atoms with Crippen LogP contribution in [-0.4, -0.2) is 12.7 Å². The summed E-state index contributed by atoms with van der Waals surface area (Å²) in [6.45, 7) is 0.762. The Balaban J connectivity index is 1.89. The van der Waals surface area contributed by atoms with Gasteiger partial charge in [-0.15, -0.1) is 0 Å². The highest BCUT2D eigenvalue weighted by Crippen LogP contribution is 2.18. The minimum absolute atomic E-state index is 0.265. The van der Waals surface area contributed by atoms with E-state index in [2.05, 4.69) is 54.6 Å². The van der Waals surface area contributed by atoms with Gasteiger partial charge in [0, 0.05) is 6.42 Å². The Morgan fingerprint density at radius 2 is 1.94 bits per heavy atom. The fourth-order valence-electron chi connectivity index (χ4n) is 2.17. The summed E-state index contributed by atoms with van der Waals surface area (Å²) in [5, 5.41) is 2.61. The van der Waals surface area contributed by atoms with Crippen LogP contribution in [0, 0.1) is 0 Å². The molecule has 0 bridgehead atoms. The predicted molar refractivity (Wildman–Crippen MR) is 66.5 cm³/mol. The lowest BCUT2D eigenvalue weighted by Gasteiger charge is -2.09. The Morgan fingerprint density at radius 3 is 2.75 bits per heavy atom. The van der Waals surface area contributed by atoms with Gasteiger partial charge in [-0.3, -0.25) is 0 Å². The topological polar surface area (TPSA) is 9.23 Å². The van der Waals surface area contributed by atoms with E-state index in [4.69, 9.17) is 4.74 Å². The Labute approximate surface area is 95.4 Å². The Hall–Kier alpha value is -1.60. The Kier molecular flexibility index (Phi) is 2.47. The third-order valence-electron chi connectivity index (χ3n) is 3.01. The van der Waals surface area contributed by atoms with Gasteiger partial charge in [0.1, 0.15) is 0 Å². The maximum Gasteiger partial charge on any atom is 0.0801 e. The minimum atomic E-state index is 0.265. The monoisotopic (exact) mass is 210 g/mol. The zero-order valence-corrected chi connectivity index (χ0v) is 9.10. The summed E-state index contributed by atoms with van der Waals surface area (Å²) in [5.41, 5.74) is 1.34. The van der Waals surface area contributed by atoms with Crippen LogP contribution in [0.3, 0.4) is 0 Å². The van der Waals surface area contributed by atoms with Crippen molar-refractivity contribution < 1.29 is 4.74 Å². The van der Waals surface area contributed by atoms with E-state index in [0.717, 1.165) is 13.0 Å². The maximum atomic E-state index is 5.56. The molecule has 80 valence electrons. The van der Waals surface area contributed by atoms with Crippen LogP contribution in [0.5, 0.6) is 0 Å². The predicted octanol–water partition coefficient (Wildman–Crippen LogP) is 3.34. The van der Waals surface area contributed by atoms with Crippen molar-refractivity contribution in [2.45, 2.75) is 12.5 Å². The molecule has 0 aliphatic carbocycles. The van der Waals surface area contributed by atoms with Gasteiger partial charge in [-0.2, -0.15) is 0 Å². The van der Waals surface area contributed by atoms with Crippen LogP contribution in [0.15, 0.2) is 54.6 Å². The minimum Gasteiger partial charge on any atom is -0.370 e. The smallest absolute Gasteiger partial charge is 0.0801 e. The van der Waals surface area contributed by atoms with Crippen LogP contribution >= 0.6 is 0 Å². The van der Waals surface area contributed by atoms with Crippen LogP contribution in [0.4, 0.5) is 0 Å². The van der Waals surface area contributed by atoms with Gasteiger partial charge < -0.3 is 4.74 Å². The zero-order valence-electron chi connectivity index (χ0n) is 9.10. The Bertz CT molecular complexity index is 528. The second-order valence-electron chi connectivity index (χ2n) is 4.19. The molecule has 1 aliphatic rings. The number of benzene rings is 2. The quantitative estimate of drug-likeness (QED) is 0.691. The van der Waals surface area contributed by atoms with Crippen molar-refractivity contribution in [3.05, 3.63) is 60.2 Å². The number of rotatable bonds is 2. The first kappa shape index (κ1) is 9.61. The van der Waals surface area contributed by atoms with E-state index in [1.54, 1.807) is 0 Å². The van der Waals surface area contributed by atoms with Crippen molar-refractivity contribution >= 4 is 10.8 Å². The van der Waals surface area contributed by atoms with E-state index in [-0.39, 0.29) is 6.10 Å². The van der Waals surface area contributed by atoms with Crippen LogP contribution in [0.2, 0.25) is 0 Å². The SMILES string of the molecule is C1=C[C@H](Cc2ccc3ccccc3c2)OC1. The molecule has 1 aliphatic heterocycles. The molecule has 0 N–H and O–H groups in total. The third-order valence-corrected chi connectivity index (χ3v) is 3.01. The summed E-state index contributed by atoms with van der Waals surface area (Å²) >= 11 is 0. The first-order valence-corrected chi connectivity index (χ1v) is 5.68. The highest BCUT2D eigenvalue weighted by Gasteiger charge is 2.10. The summed E-state index contributed by atoms with van der Waals surface area (Å²) < 4.78 is 5.56. The van der Waals surface area contributed by atoms with Gasteiger partial charge in [0.2, 0.25) is 0 Å². The highest BCUT2D eigenvalue weighted by atomic mass is 16.5. The second-order valence-corrected chi connectivity index (χ2v) is 4.19. The molecule has 1 heterocycles. The van der Waals surface area contributed by atoms with E-state index in [1.165, 1.54) is 16.3 Å². The third kappa shape index (κ3) is 1.86. The van der Waals surface area contributed by atoms with E-state index in [1.807, 2.05) is 0 Å². The molecule has 0 saturated carbocycles. The molecule has 1 nitrogen and oxygen atoms in total. The molecule has 2 aromatic carbocycles. The molecule has 0 radical (unpaired) electrons. The van der Waals surface area contributed by atoms with Crippen molar-refractivity contribution in [1.82, 2.24) is 0 Å². The van der Waals surface area contributed by atoms with E-state index in [9.17, 15) is 0 Å². The van der Waals surface area contributed by atoms with Crippen molar-refractivity contribution in [1.29, 1.82) is 0 Å². The van der Waals surface area contributed by atoms with Crippen LogP contribution in [0.1, 0.15) is 5.56 Å². The molecular formula is C15H14O. The first-order valence-electron chi connectivity index (χ1n) is 5.68. The van der Waals surface area contributed by atoms with E-state index < -0.39 is 0 Å². The van der Waals surface area contributed by atoms with E-state index in [0.29, 0.717) is 0 Å². The van der Waals surface area contributed by atoms with Crippen molar-refractivity contribution in [2.75, 3.05) is 6.61 Å². The summed E-state index contributed by atoms with van der Waals surface area (Å²) in [6, 6.07) is 15.1. The van der Waals surface area contributed by atoms with Gasteiger partial charge in [0.15, 0.2) is 0 Å². The molecule has 16 heavy (non-hydrogen) atoms. The fourth-order valence-corrected chi connectivity index (χ4v) is 2.17. The molecule has 1 atom stereocenters. The maximum absolute atomic E-state index is 5.56. The number of fused-ring (bicyclic) bond motifs is 1. The van der Waals surface area contributed by atoms with Crippen molar-refractivity contribution in [3.63, 3.8) is 0 Å². The first-order chi connectivity index (χ1) is 7.92. The Morgan fingerprint density at radius 1 is 1.06 bits per heavy atom. The average Bonchev–Trinajstić information content (AvgIpc) is 2.82. The highest BCUT2D eigenvalue weighted by molar-refractivity contribution is 5.82. The lowest BCUT2D eigenvalue weighted by Crippen LogP contribution is -2.08. The van der Waals surface area contributed by atoms with Gasteiger partial charge in [-0.25, -0.2) is 0 Å². The molecule has 0 fully saturated rings. The van der Waals surface area contributed by atoms with Crippen molar-refractivity contribution in [2.24, 2.45) is 0 Å². The van der Waals surface area contributed by atoms with Gasteiger partial charge >= 0.3 is 0 Å². The normalized spacial score (nSPS) is 19.4. The molecular weight excluding hydrogens is 196 g/mol. The van der Waals surface area contributed by atoms with Gasteiger partial charge in [0.25, 0.3) is 0 Å². The lowest BCUT2D eigenvalue weighted by molar-refractivity contribution is 0.128. The van der Waals surface area contributed by atoms with Gasteiger partial charge in [-0.05, 0) is 16.3 Å². The lowest BCUT2D eigenvalue weighted by atomic mass is 10.0. The van der Waals surface area contributed by atoms with Crippen LogP contribution in [-0.2, 0) is 11.2 Å². The molecule has 3 rings (SSSR count). The summed E-state index contributed by atoms with van der Waals surface area (Å²) in [7, 11) is 0. The molecule has 0 saturated heterocycles. The average molecular weight is 210 g/mol. The van der Waals surface area contributed by atoms with Crippen LogP contribution in [0.25, 0.3) is 10.8 Å². The molecule has 0 aromatic heterocycles. The fraction of sp³-hybridized carbons (Fsp3) is 0.200. The summed E-state index contributed by atoms with van der Waals surface area (Å²) in [6.07, 6.45) is 5.48. The molecule has 0 unspecified atom stereocenters. The van der Waals surface area contributed by atoms with Gasteiger partial charge in [-0.1, -0.05) is 54.6 Å². The largest absolute Gasteiger partial charge is 0.370 e. The molecule has 0 spiro atoms. The summed E-state index contributed by atoms with van der Waals surface area (Å²) in [5.74, 6) is 0. The summed E-state index contributed by atoms with van der Waals surface area (Å²) in [4.78, 5) is 0. The van der Waals surface area contributed by atoms with Crippen molar-refractivity contribution in [3.8, 4) is 0 Å². The second kappa shape index (κ2) is 4.11.